The Hall–Kier alpha value is -2.67. The largest absolute Gasteiger partial charge is 0.285 e. The molecule has 101 valence electrons. The maximum absolute atomic E-state index is 11.3. The summed E-state index contributed by atoms with van der Waals surface area (Å²) < 4.78 is 0. The Morgan fingerprint density at radius 3 is 1.62 bits per heavy atom. The molecule has 0 heterocycles. The van der Waals surface area contributed by atoms with Crippen LogP contribution in [0.3, 0.4) is 0 Å². The van der Waals surface area contributed by atoms with E-state index in [9.17, 15) is 4.79 Å². The van der Waals surface area contributed by atoms with Crippen molar-refractivity contribution in [2.75, 3.05) is 0 Å². The van der Waals surface area contributed by atoms with Gasteiger partial charge in [0.15, 0.2) is 0 Å². The summed E-state index contributed by atoms with van der Waals surface area (Å²) in [7, 11) is 0. The first-order chi connectivity index (χ1) is 10.4. The second-order valence-corrected chi connectivity index (χ2v) is 4.94. The first-order valence-electron chi connectivity index (χ1n) is 6.97. The maximum atomic E-state index is 11.3. The van der Waals surface area contributed by atoms with Gasteiger partial charge in [0.1, 0.15) is 0 Å². The normalized spacial score (nSPS) is 10.5. The van der Waals surface area contributed by atoms with Gasteiger partial charge < -0.3 is 0 Å². The average molecular weight is 271 g/mol. The fraction of sp³-hybridized carbons (Fsp3) is 0.0500. The SMILES string of the molecule is O=[C]c1ccccc1C(c1ccccc1)c1ccccc1. The Balaban J connectivity index is 2.20. The molecular weight excluding hydrogens is 256 g/mol. The molecule has 3 aromatic carbocycles. The summed E-state index contributed by atoms with van der Waals surface area (Å²) in [5.74, 6) is 0.0463. The van der Waals surface area contributed by atoms with Gasteiger partial charge in [0, 0.05) is 11.5 Å². The molecule has 1 radical (unpaired) electrons. The van der Waals surface area contributed by atoms with Crippen molar-refractivity contribution in [1.29, 1.82) is 0 Å². The number of rotatable bonds is 4. The Bertz CT molecular complexity index is 678. The topological polar surface area (TPSA) is 17.1 Å². The first kappa shape index (κ1) is 13.3. The van der Waals surface area contributed by atoms with Crippen molar-refractivity contribution in [2.24, 2.45) is 0 Å². The molecule has 0 unspecified atom stereocenters. The van der Waals surface area contributed by atoms with E-state index < -0.39 is 0 Å². The zero-order valence-corrected chi connectivity index (χ0v) is 11.6. The lowest BCUT2D eigenvalue weighted by Crippen LogP contribution is -2.06. The van der Waals surface area contributed by atoms with E-state index in [0.717, 1.165) is 5.56 Å². The first-order valence-corrected chi connectivity index (χ1v) is 6.97. The molecule has 1 heteroatoms. The average Bonchev–Trinajstić information content (AvgIpc) is 2.58. The maximum Gasteiger partial charge on any atom is 0.233 e. The van der Waals surface area contributed by atoms with E-state index in [0.29, 0.717) is 5.56 Å². The van der Waals surface area contributed by atoms with Crippen molar-refractivity contribution >= 4 is 6.29 Å². The molecule has 0 N–H and O–H groups in total. The quantitative estimate of drug-likeness (QED) is 0.646. The summed E-state index contributed by atoms with van der Waals surface area (Å²) in [6.45, 7) is 0. The van der Waals surface area contributed by atoms with E-state index in [1.807, 2.05) is 60.7 Å². The van der Waals surface area contributed by atoms with Crippen LogP contribution in [0.1, 0.15) is 28.2 Å². The van der Waals surface area contributed by atoms with Crippen molar-refractivity contribution in [3.05, 3.63) is 107 Å². The van der Waals surface area contributed by atoms with Crippen LogP contribution < -0.4 is 0 Å². The number of benzene rings is 3. The monoisotopic (exact) mass is 271 g/mol. The molecule has 0 atom stereocenters. The smallest absolute Gasteiger partial charge is 0.233 e. The molecule has 0 aliphatic rings. The molecule has 0 aliphatic heterocycles. The lowest BCUT2D eigenvalue weighted by atomic mass is 9.83. The summed E-state index contributed by atoms with van der Waals surface area (Å²) in [4.78, 5) is 11.3. The van der Waals surface area contributed by atoms with E-state index in [4.69, 9.17) is 0 Å². The predicted molar refractivity (Wildman–Crippen MR) is 85.1 cm³/mol. The van der Waals surface area contributed by atoms with Gasteiger partial charge >= 0.3 is 0 Å². The van der Waals surface area contributed by atoms with Crippen LogP contribution in [0.15, 0.2) is 84.9 Å². The van der Waals surface area contributed by atoms with Gasteiger partial charge in [-0.2, -0.15) is 0 Å². The van der Waals surface area contributed by atoms with Gasteiger partial charge in [-0.3, -0.25) is 4.79 Å². The number of hydrogen-bond acceptors (Lipinski definition) is 1. The molecule has 0 saturated carbocycles. The van der Waals surface area contributed by atoms with Crippen LogP contribution >= 0.6 is 0 Å². The highest BCUT2D eigenvalue weighted by molar-refractivity contribution is 5.79. The molecule has 0 fully saturated rings. The van der Waals surface area contributed by atoms with Crippen molar-refractivity contribution in [3.8, 4) is 0 Å². The Morgan fingerprint density at radius 1 is 0.619 bits per heavy atom. The molecule has 0 bridgehead atoms. The molecule has 0 aromatic heterocycles. The third kappa shape index (κ3) is 2.77. The summed E-state index contributed by atoms with van der Waals surface area (Å²) in [5, 5.41) is 0. The van der Waals surface area contributed by atoms with Crippen LogP contribution in [-0.2, 0) is 4.79 Å². The zero-order chi connectivity index (χ0) is 14.5. The Labute approximate surface area is 124 Å². The van der Waals surface area contributed by atoms with Crippen molar-refractivity contribution in [2.45, 2.75) is 5.92 Å². The molecule has 0 spiro atoms. The van der Waals surface area contributed by atoms with Gasteiger partial charge in [-0.15, -0.1) is 0 Å². The van der Waals surface area contributed by atoms with Gasteiger partial charge in [0.05, 0.1) is 0 Å². The zero-order valence-electron chi connectivity index (χ0n) is 11.6. The van der Waals surface area contributed by atoms with Crippen LogP contribution in [0.25, 0.3) is 0 Å². The standard InChI is InChI=1S/C20H15O/c21-15-18-13-7-8-14-19(18)20(16-9-3-1-4-10-16)17-11-5-2-6-12-17/h1-14,20H. The van der Waals surface area contributed by atoms with E-state index in [1.165, 1.54) is 11.1 Å². The van der Waals surface area contributed by atoms with Crippen LogP contribution in [0.2, 0.25) is 0 Å². The molecule has 0 aliphatic carbocycles. The van der Waals surface area contributed by atoms with Crippen LogP contribution in [0, 0.1) is 0 Å². The highest BCUT2D eigenvalue weighted by Crippen LogP contribution is 2.33. The van der Waals surface area contributed by atoms with E-state index in [2.05, 4.69) is 30.6 Å². The van der Waals surface area contributed by atoms with E-state index in [1.54, 1.807) is 0 Å². The van der Waals surface area contributed by atoms with Gasteiger partial charge in [0.2, 0.25) is 6.29 Å². The van der Waals surface area contributed by atoms with E-state index in [-0.39, 0.29) is 5.92 Å². The summed E-state index contributed by atoms with van der Waals surface area (Å²) in [5.41, 5.74) is 3.96. The molecule has 0 amide bonds. The Kier molecular flexibility index (Phi) is 3.92. The third-order valence-corrected chi connectivity index (χ3v) is 3.65. The minimum absolute atomic E-state index is 0.0463. The van der Waals surface area contributed by atoms with Crippen molar-refractivity contribution in [3.63, 3.8) is 0 Å². The number of hydrogen-bond donors (Lipinski definition) is 0. The predicted octanol–water partition coefficient (Wildman–Crippen LogP) is 4.32. The highest BCUT2D eigenvalue weighted by atomic mass is 16.1. The lowest BCUT2D eigenvalue weighted by molar-refractivity contribution is 0.562. The minimum atomic E-state index is 0.0463. The number of carbonyl (C=O) groups excluding carboxylic acids is 1. The molecule has 3 aromatic rings. The van der Waals surface area contributed by atoms with Crippen LogP contribution in [-0.4, -0.2) is 6.29 Å². The molecule has 21 heavy (non-hydrogen) atoms. The lowest BCUT2D eigenvalue weighted by Gasteiger charge is -2.20. The van der Waals surface area contributed by atoms with Gasteiger partial charge in [-0.05, 0) is 16.7 Å². The summed E-state index contributed by atoms with van der Waals surface area (Å²) >= 11 is 0. The van der Waals surface area contributed by atoms with Crippen molar-refractivity contribution < 1.29 is 4.79 Å². The second-order valence-electron chi connectivity index (χ2n) is 4.94. The van der Waals surface area contributed by atoms with Crippen LogP contribution in [0.5, 0.6) is 0 Å². The minimum Gasteiger partial charge on any atom is -0.285 e. The molecule has 3 rings (SSSR count). The molecule has 0 saturated heterocycles. The Morgan fingerprint density at radius 2 is 1.10 bits per heavy atom. The molecule has 1 nitrogen and oxygen atoms in total. The second kappa shape index (κ2) is 6.19. The van der Waals surface area contributed by atoms with Crippen molar-refractivity contribution in [1.82, 2.24) is 0 Å². The van der Waals surface area contributed by atoms with Gasteiger partial charge in [-0.25, -0.2) is 0 Å². The fourth-order valence-electron chi connectivity index (χ4n) is 2.68. The van der Waals surface area contributed by atoms with Gasteiger partial charge in [-0.1, -0.05) is 84.9 Å². The highest BCUT2D eigenvalue weighted by Gasteiger charge is 2.19. The third-order valence-electron chi connectivity index (χ3n) is 3.65. The molecular formula is C20H15O. The summed E-state index contributed by atoms with van der Waals surface area (Å²) in [6.07, 6.45) is 2.07. The van der Waals surface area contributed by atoms with E-state index >= 15 is 0 Å². The summed E-state index contributed by atoms with van der Waals surface area (Å²) in [6, 6.07) is 28.2. The van der Waals surface area contributed by atoms with Gasteiger partial charge in [0.25, 0.3) is 0 Å². The fourth-order valence-corrected chi connectivity index (χ4v) is 2.68. The van der Waals surface area contributed by atoms with Crippen LogP contribution in [0.4, 0.5) is 0 Å².